The maximum absolute atomic E-state index is 13.7. The molecule has 0 spiro atoms. The van der Waals surface area contributed by atoms with Gasteiger partial charge in [0.05, 0.1) is 5.75 Å². The summed E-state index contributed by atoms with van der Waals surface area (Å²) in [6.45, 7) is 6.38. The standard InChI is InChI=1S/C30H34Cl2N2O2S/c1-4-22(3)33-30(36)28(17-23-11-6-5-7-12-23)34(18-24-13-8-10-21(2)16-24)29(35)20-37-19-25-26(31)14-9-15-27(25)32/h5-16,22,28H,4,17-20H2,1-3H3,(H,33,36)/t22-,28-/m1/s1. The van der Waals surface area contributed by atoms with Crippen molar-refractivity contribution in [2.24, 2.45) is 0 Å². The molecule has 2 atom stereocenters. The first-order valence-electron chi connectivity index (χ1n) is 12.5. The molecule has 37 heavy (non-hydrogen) atoms. The number of benzene rings is 3. The number of amides is 2. The van der Waals surface area contributed by atoms with Gasteiger partial charge in [-0.3, -0.25) is 9.59 Å². The Morgan fingerprint density at radius 2 is 1.59 bits per heavy atom. The summed E-state index contributed by atoms with van der Waals surface area (Å²) < 4.78 is 0. The summed E-state index contributed by atoms with van der Waals surface area (Å²) in [5.74, 6) is 0.466. The highest BCUT2D eigenvalue weighted by molar-refractivity contribution is 7.99. The molecule has 3 aromatic rings. The molecule has 0 saturated carbocycles. The van der Waals surface area contributed by atoms with E-state index in [0.29, 0.717) is 28.8 Å². The first-order valence-corrected chi connectivity index (χ1v) is 14.4. The molecule has 0 radical (unpaired) electrons. The molecule has 7 heteroatoms. The number of hydrogen-bond donors (Lipinski definition) is 1. The van der Waals surface area contributed by atoms with Gasteiger partial charge in [0.2, 0.25) is 11.8 Å². The Labute approximate surface area is 234 Å². The predicted molar refractivity (Wildman–Crippen MR) is 156 cm³/mol. The quantitative estimate of drug-likeness (QED) is 0.259. The molecule has 196 valence electrons. The molecule has 3 rings (SSSR count). The fourth-order valence-electron chi connectivity index (χ4n) is 4.00. The normalized spacial score (nSPS) is 12.6. The minimum atomic E-state index is -0.645. The van der Waals surface area contributed by atoms with Crippen LogP contribution in [0.15, 0.2) is 72.8 Å². The molecular weight excluding hydrogens is 523 g/mol. The average Bonchev–Trinajstić information content (AvgIpc) is 2.88. The largest absolute Gasteiger partial charge is 0.352 e. The average molecular weight is 558 g/mol. The topological polar surface area (TPSA) is 49.4 Å². The lowest BCUT2D eigenvalue weighted by Gasteiger charge is -2.32. The van der Waals surface area contributed by atoms with Gasteiger partial charge < -0.3 is 10.2 Å². The van der Waals surface area contributed by atoms with E-state index in [1.165, 1.54) is 11.8 Å². The number of halogens is 2. The first-order chi connectivity index (χ1) is 17.8. The summed E-state index contributed by atoms with van der Waals surface area (Å²) in [4.78, 5) is 29.0. The summed E-state index contributed by atoms with van der Waals surface area (Å²) in [5.41, 5.74) is 3.91. The fraction of sp³-hybridized carbons (Fsp3) is 0.333. The number of carbonyl (C=O) groups is 2. The Hall–Kier alpha value is -2.47. The second-order valence-electron chi connectivity index (χ2n) is 9.23. The van der Waals surface area contributed by atoms with Crippen LogP contribution in [0.2, 0.25) is 10.0 Å². The van der Waals surface area contributed by atoms with Gasteiger partial charge in [-0.1, -0.05) is 96.4 Å². The van der Waals surface area contributed by atoms with E-state index in [0.717, 1.165) is 28.7 Å². The summed E-state index contributed by atoms with van der Waals surface area (Å²) in [7, 11) is 0. The summed E-state index contributed by atoms with van der Waals surface area (Å²) in [6.07, 6.45) is 1.24. The minimum absolute atomic E-state index is 0.0124. The van der Waals surface area contributed by atoms with E-state index in [2.05, 4.69) is 11.4 Å². The van der Waals surface area contributed by atoms with Gasteiger partial charge in [-0.25, -0.2) is 0 Å². The lowest BCUT2D eigenvalue weighted by atomic mass is 10.0. The molecular formula is C30H34Cl2N2O2S. The predicted octanol–water partition coefficient (Wildman–Crippen LogP) is 7.09. The summed E-state index contributed by atoms with van der Waals surface area (Å²) in [5, 5.41) is 4.27. The fourth-order valence-corrected chi connectivity index (χ4v) is 5.64. The molecule has 0 aromatic heterocycles. The van der Waals surface area contributed by atoms with Crippen LogP contribution in [-0.2, 0) is 28.3 Å². The smallest absolute Gasteiger partial charge is 0.243 e. The van der Waals surface area contributed by atoms with Crippen molar-refractivity contribution in [1.82, 2.24) is 10.2 Å². The molecule has 0 unspecified atom stereocenters. The molecule has 0 bridgehead atoms. The van der Waals surface area contributed by atoms with Crippen molar-refractivity contribution in [3.63, 3.8) is 0 Å². The molecule has 0 aliphatic heterocycles. The van der Waals surface area contributed by atoms with Crippen LogP contribution < -0.4 is 5.32 Å². The highest BCUT2D eigenvalue weighted by Crippen LogP contribution is 2.28. The van der Waals surface area contributed by atoms with Gasteiger partial charge in [-0.15, -0.1) is 11.8 Å². The third kappa shape index (κ3) is 8.80. The number of aryl methyl sites for hydroxylation is 1. The van der Waals surface area contributed by atoms with Gasteiger partial charge in [0, 0.05) is 34.8 Å². The van der Waals surface area contributed by atoms with Crippen molar-refractivity contribution in [2.45, 2.75) is 58.0 Å². The van der Waals surface area contributed by atoms with E-state index in [9.17, 15) is 9.59 Å². The summed E-state index contributed by atoms with van der Waals surface area (Å²) >= 11 is 14.1. The van der Waals surface area contributed by atoms with E-state index >= 15 is 0 Å². The second kappa shape index (κ2) is 14.5. The van der Waals surface area contributed by atoms with Gasteiger partial charge in [-0.2, -0.15) is 0 Å². The highest BCUT2D eigenvalue weighted by atomic mass is 35.5. The lowest BCUT2D eigenvalue weighted by molar-refractivity contribution is -0.139. The van der Waals surface area contributed by atoms with E-state index in [-0.39, 0.29) is 23.6 Å². The van der Waals surface area contributed by atoms with E-state index in [4.69, 9.17) is 23.2 Å². The number of carbonyl (C=O) groups excluding carboxylic acids is 2. The Balaban J connectivity index is 1.88. The molecule has 3 aromatic carbocycles. The third-order valence-corrected chi connectivity index (χ3v) is 7.89. The number of nitrogens with zero attached hydrogens (tertiary/aromatic N) is 1. The highest BCUT2D eigenvalue weighted by Gasteiger charge is 2.31. The van der Waals surface area contributed by atoms with Crippen LogP contribution >= 0.6 is 35.0 Å². The summed E-state index contributed by atoms with van der Waals surface area (Å²) in [6, 6.07) is 22.7. The monoisotopic (exact) mass is 556 g/mol. The minimum Gasteiger partial charge on any atom is -0.352 e. The molecule has 0 saturated heterocycles. The van der Waals surface area contributed by atoms with Crippen molar-refractivity contribution in [2.75, 3.05) is 5.75 Å². The number of rotatable bonds is 12. The maximum Gasteiger partial charge on any atom is 0.243 e. The van der Waals surface area contributed by atoms with Gasteiger partial charge in [0.1, 0.15) is 6.04 Å². The number of nitrogens with one attached hydrogen (secondary N) is 1. The molecule has 1 N–H and O–H groups in total. The van der Waals surface area contributed by atoms with E-state index in [1.807, 2.05) is 69.3 Å². The van der Waals surface area contributed by atoms with Crippen LogP contribution in [0.1, 0.15) is 42.5 Å². The van der Waals surface area contributed by atoms with Gasteiger partial charge in [0.25, 0.3) is 0 Å². The molecule has 0 fully saturated rings. The number of hydrogen-bond acceptors (Lipinski definition) is 3. The Morgan fingerprint density at radius 1 is 0.946 bits per heavy atom. The molecule has 0 heterocycles. The van der Waals surface area contributed by atoms with E-state index < -0.39 is 6.04 Å². The van der Waals surface area contributed by atoms with Crippen LogP contribution in [0, 0.1) is 6.92 Å². The van der Waals surface area contributed by atoms with Crippen LogP contribution in [0.5, 0.6) is 0 Å². The van der Waals surface area contributed by atoms with Crippen molar-refractivity contribution >= 4 is 46.8 Å². The Bertz CT molecular complexity index is 1170. The van der Waals surface area contributed by atoms with Crippen molar-refractivity contribution < 1.29 is 9.59 Å². The molecule has 0 aliphatic rings. The first kappa shape index (κ1) is 29.1. The lowest BCUT2D eigenvalue weighted by Crippen LogP contribution is -2.52. The van der Waals surface area contributed by atoms with Gasteiger partial charge in [-0.05, 0) is 49.1 Å². The van der Waals surface area contributed by atoms with Crippen molar-refractivity contribution in [3.05, 3.63) is 105 Å². The zero-order chi connectivity index (χ0) is 26.8. The van der Waals surface area contributed by atoms with Crippen LogP contribution in [-0.4, -0.2) is 34.6 Å². The van der Waals surface area contributed by atoms with Crippen molar-refractivity contribution in [3.8, 4) is 0 Å². The molecule has 0 aliphatic carbocycles. The number of thioether (sulfide) groups is 1. The van der Waals surface area contributed by atoms with Crippen LogP contribution in [0.4, 0.5) is 0 Å². The van der Waals surface area contributed by atoms with Crippen LogP contribution in [0.3, 0.4) is 0 Å². The van der Waals surface area contributed by atoms with Crippen LogP contribution in [0.25, 0.3) is 0 Å². The third-order valence-electron chi connectivity index (χ3n) is 6.24. The van der Waals surface area contributed by atoms with Gasteiger partial charge in [0.15, 0.2) is 0 Å². The van der Waals surface area contributed by atoms with E-state index in [1.54, 1.807) is 23.1 Å². The Kier molecular flexibility index (Phi) is 11.4. The second-order valence-corrected chi connectivity index (χ2v) is 11.0. The Morgan fingerprint density at radius 3 is 2.24 bits per heavy atom. The zero-order valence-electron chi connectivity index (χ0n) is 21.5. The molecule has 2 amide bonds. The SMILES string of the molecule is CC[C@@H](C)NC(=O)[C@@H](Cc1ccccc1)N(Cc1cccc(C)c1)C(=O)CSCc1c(Cl)cccc1Cl. The zero-order valence-corrected chi connectivity index (χ0v) is 23.9. The maximum atomic E-state index is 13.7. The molecule has 4 nitrogen and oxygen atoms in total. The van der Waals surface area contributed by atoms with Crippen molar-refractivity contribution in [1.29, 1.82) is 0 Å². The van der Waals surface area contributed by atoms with Gasteiger partial charge >= 0.3 is 0 Å².